The Morgan fingerprint density at radius 2 is 2.21 bits per heavy atom. The molecule has 1 aliphatic heterocycles. The summed E-state index contributed by atoms with van der Waals surface area (Å²) in [6.45, 7) is 0.840. The molecule has 0 amide bonds. The zero-order valence-electron chi connectivity index (χ0n) is 10.7. The fourth-order valence-electron chi connectivity index (χ4n) is 3.19. The van der Waals surface area contributed by atoms with Crippen LogP contribution in [0.5, 0.6) is 0 Å². The largest absolute Gasteiger partial charge is 0.375 e. The molecule has 2 aliphatic rings. The number of ether oxygens (including phenoxy) is 1. The molecule has 1 aromatic heterocycles. The van der Waals surface area contributed by atoms with E-state index in [-0.39, 0.29) is 11.6 Å². The molecule has 2 N–H and O–H groups in total. The Balaban J connectivity index is 1.77. The van der Waals surface area contributed by atoms with Gasteiger partial charge in [0.1, 0.15) is 0 Å². The Hall–Kier alpha value is 0.0300. The molecule has 3 nitrogen and oxygen atoms in total. The van der Waals surface area contributed by atoms with Gasteiger partial charge in [0.25, 0.3) is 0 Å². The lowest BCUT2D eigenvalue weighted by atomic mass is 9.70. The van der Waals surface area contributed by atoms with Crippen LogP contribution in [0.1, 0.15) is 43.8 Å². The molecule has 5 heteroatoms. The van der Waals surface area contributed by atoms with Gasteiger partial charge in [-0.2, -0.15) is 0 Å². The molecule has 1 aliphatic carbocycles. The molecular formula is C14H18Br2N2O. The van der Waals surface area contributed by atoms with Gasteiger partial charge in [0.05, 0.1) is 17.3 Å². The van der Waals surface area contributed by atoms with Crippen LogP contribution in [-0.4, -0.2) is 17.2 Å². The molecule has 1 saturated carbocycles. The van der Waals surface area contributed by atoms with E-state index < -0.39 is 0 Å². The van der Waals surface area contributed by atoms with Crippen molar-refractivity contribution in [2.24, 2.45) is 11.7 Å². The van der Waals surface area contributed by atoms with Crippen molar-refractivity contribution < 1.29 is 4.74 Å². The first-order valence-corrected chi connectivity index (χ1v) is 8.39. The van der Waals surface area contributed by atoms with Crippen LogP contribution in [0.25, 0.3) is 0 Å². The molecule has 19 heavy (non-hydrogen) atoms. The molecule has 0 radical (unpaired) electrons. The lowest BCUT2D eigenvalue weighted by Crippen LogP contribution is -2.47. The molecule has 2 atom stereocenters. The molecule has 3 rings (SSSR count). The molecule has 1 spiro atoms. The lowest BCUT2D eigenvalue weighted by molar-refractivity contribution is -0.146. The van der Waals surface area contributed by atoms with Gasteiger partial charge in [-0.05, 0) is 75.9 Å². The number of aromatic nitrogens is 1. The summed E-state index contributed by atoms with van der Waals surface area (Å²) in [7, 11) is 0. The molecular weight excluding hydrogens is 372 g/mol. The van der Waals surface area contributed by atoms with E-state index in [0.29, 0.717) is 5.92 Å². The van der Waals surface area contributed by atoms with Crippen LogP contribution in [-0.2, 0) is 4.74 Å². The van der Waals surface area contributed by atoms with E-state index in [9.17, 15) is 0 Å². The predicted octanol–water partition coefficient (Wildman–Crippen LogP) is 3.96. The monoisotopic (exact) mass is 388 g/mol. The van der Waals surface area contributed by atoms with Crippen LogP contribution in [0.4, 0.5) is 0 Å². The summed E-state index contributed by atoms with van der Waals surface area (Å²) < 4.78 is 7.93. The molecule has 2 fully saturated rings. The average Bonchev–Trinajstić information content (AvgIpc) is 2.36. The van der Waals surface area contributed by atoms with Crippen LogP contribution in [0.2, 0.25) is 0 Å². The maximum absolute atomic E-state index is 6.46. The maximum atomic E-state index is 6.46. The third kappa shape index (κ3) is 2.75. The van der Waals surface area contributed by atoms with E-state index in [4.69, 9.17) is 10.5 Å². The van der Waals surface area contributed by atoms with E-state index in [1.54, 1.807) is 0 Å². The van der Waals surface area contributed by atoms with Gasteiger partial charge in [-0.3, -0.25) is 4.98 Å². The topological polar surface area (TPSA) is 48.1 Å². The van der Waals surface area contributed by atoms with Crippen molar-refractivity contribution in [2.45, 2.75) is 43.7 Å². The van der Waals surface area contributed by atoms with Crippen LogP contribution in [0.3, 0.4) is 0 Å². The molecule has 2 unspecified atom stereocenters. The van der Waals surface area contributed by atoms with E-state index >= 15 is 0 Å². The van der Waals surface area contributed by atoms with Gasteiger partial charge in [0.2, 0.25) is 0 Å². The number of rotatable bonds is 2. The molecule has 0 bridgehead atoms. The van der Waals surface area contributed by atoms with Crippen molar-refractivity contribution in [3.8, 4) is 0 Å². The fourth-order valence-corrected chi connectivity index (χ4v) is 4.44. The number of hydrogen-bond acceptors (Lipinski definition) is 3. The van der Waals surface area contributed by atoms with Crippen LogP contribution >= 0.6 is 31.9 Å². The first kappa shape index (κ1) is 14.0. The molecule has 1 aromatic rings. The fraction of sp³-hybridized carbons (Fsp3) is 0.643. The van der Waals surface area contributed by atoms with Gasteiger partial charge in [0.15, 0.2) is 0 Å². The average molecular weight is 390 g/mol. The highest BCUT2D eigenvalue weighted by Crippen LogP contribution is 2.47. The Morgan fingerprint density at radius 3 is 2.84 bits per heavy atom. The zero-order chi connectivity index (χ0) is 13.5. The van der Waals surface area contributed by atoms with E-state index in [1.807, 2.05) is 12.3 Å². The maximum Gasteiger partial charge on any atom is 0.0716 e. The number of pyridine rings is 1. The van der Waals surface area contributed by atoms with Crippen molar-refractivity contribution in [3.63, 3.8) is 0 Å². The molecule has 2 heterocycles. The van der Waals surface area contributed by atoms with Crippen molar-refractivity contribution >= 4 is 31.9 Å². The minimum absolute atomic E-state index is 0.0103. The van der Waals surface area contributed by atoms with Gasteiger partial charge in [-0.25, -0.2) is 0 Å². The second-order valence-electron chi connectivity index (χ2n) is 5.68. The van der Waals surface area contributed by atoms with Gasteiger partial charge < -0.3 is 10.5 Å². The summed E-state index contributed by atoms with van der Waals surface area (Å²) in [5.41, 5.74) is 7.56. The second kappa shape index (κ2) is 5.43. The first-order chi connectivity index (χ1) is 9.10. The Morgan fingerprint density at radius 1 is 1.42 bits per heavy atom. The highest BCUT2D eigenvalue weighted by molar-refractivity contribution is 9.11. The standard InChI is InChI=1S/C14H18Br2N2O/c15-10-6-11(16)13(18-8-10)12(17)9-2-5-19-14(7-9)3-1-4-14/h6,8-9,12H,1-5,7,17H2. The zero-order valence-corrected chi connectivity index (χ0v) is 13.9. The smallest absolute Gasteiger partial charge is 0.0716 e. The number of nitrogens with zero attached hydrogens (tertiary/aromatic N) is 1. The van der Waals surface area contributed by atoms with Crippen molar-refractivity contribution in [1.29, 1.82) is 0 Å². The molecule has 1 saturated heterocycles. The Bertz CT molecular complexity index is 477. The van der Waals surface area contributed by atoms with Gasteiger partial charge >= 0.3 is 0 Å². The van der Waals surface area contributed by atoms with E-state index in [1.165, 1.54) is 19.3 Å². The molecule has 104 valence electrons. The van der Waals surface area contributed by atoms with E-state index in [0.717, 1.165) is 34.1 Å². The van der Waals surface area contributed by atoms with Crippen molar-refractivity contribution in [1.82, 2.24) is 4.98 Å². The summed E-state index contributed by atoms with van der Waals surface area (Å²) in [5.74, 6) is 0.471. The quantitative estimate of drug-likeness (QED) is 0.832. The number of hydrogen-bond donors (Lipinski definition) is 1. The van der Waals surface area contributed by atoms with Gasteiger partial charge in [0, 0.05) is 21.7 Å². The summed E-state index contributed by atoms with van der Waals surface area (Å²) in [4.78, 5) is 4.48. The van der Waals surface area contributed by atoms with E-state index in [2.05, 4.69) is 36.8 Å². The first-order valence-electron chi connectivity index (χ1n) is 6.80. The lowest BCUT2D eigenvalue weighted by Gasteiger charge is -2.48. The second-order valence-corrected chi connectivity index (χ2v) is 7.45. The number of halogens is 2. The van der Waals surface area contributed by atoms with Crippen LogP contribution in [0.15, 0.2) is 21.2 Å². The predicted molar refractivity (Wildman–Crippen MR) is 81.8 cm³/mol. The van der Waals surface area contributed by atoms with Gasteiger partial charge in [-0.1, -0.05) is 0 Å². The Labute approximate surface area is 130 Å². The van der Waals surface area contributed by atoms with Crippen molar-refractivity contribution in [3.05, 3.63) is 26.9 Å². The van der Waals surface area contributed by atoms with Crippen molar-refractivity contribution in [2.75, 3.05) is 6.61 Å². The summed E-state index contributed by atoms with van der Waals surface area (Å²) in [6, 6.07) is 2.00. The minimum Gasteiger partial charge on any atom is -0.375 e. The highest BCUT2D eigenvalue weighted by atomic mass is 79.9. The highest BCUT2D eigenvalue weighted by Gasteiger charge is 2.44. The third-order valence-corrected chi connectivity index (χ3v) is 5.52. The number of nitrogens with two attached hydrogens (primary N) is 1. The Kier molecular flexibility index (Phi) is 4.00. The third-order valence-electron chi connectivity index (χ3n) is 4.46. The summed E-state index contributed by atoms with van der Waals surface area (Å²) in [5, 5.41) is 0. The van der Waals surface area contributed by atoms with Crippen LogP contribution in [0, 0.1) is 5.92 Å². The van der Waals surface area contributed by atoms with Gasteiger partial charge in [-0.15, -0.1) is 0 Å². The van der Waals surface area contributed by atoms with Crippen LogP contribution < -0.4 is 5.73 Å². The minimum atomic E-state index is -0.0103. The molecule has 0 aromatic carbocycles. The summed E-state index contributed by atoms with van der Waals surface area (Å²) in [6.07, 6.45) is 7.63. The normalized spacial score (nSPS) is 27.0. The summed E-state index contributed by atoms with van der Waals surface area (Å²) >= 11 is 7.00. The SMILES string of the molecule is NC(c1ncc(Br)cc1Br)C1CCOC2(CCC2)C1.